The van der Waals surface area contributed by atoms with E-state index in [0.717, 1.165) is 5.56 Å². The molecule has 5 heteroatoms. The Labute approximate surface area is 120 Å². The van der Waals surface area contributed by atoms with Crippen LogP contribution in [0.5, 0.6) is 0 Å². The van der Waals surface area contributed by atoms with E-state index in [4.69, 9.17) is 5.73 Å². The Kier molecular flexibility index (Phi) is 4.53. The van der Waals surface area contributed by atoms with Crippen molar-refractivity contribution < 1.29 is 9.00 Å². The summed E-state index contributed by atoms with van der Waals surface area (Å²) in [5.74, 6) is -0.405. The average molecular weight is 288 g/mol. The molecule has 0 bridgehead atoms. The van der Waals surface area contributed by atoms with Gasteiger partial charge in [0.15, 0.2) is 0 Å². The third-order valence-corrected chi connectivity index (χ3v) is 4.15. The fourth-order valence-electron chi connectivity index (χ4n) is 1.72. The molecular weight excluding hydrogens is 272 g/mol. The minimum atomic E-state index is -1.44. The van der Waals surface area contributed by atoms with Gasteiger partial charge in [-0.1, -0.05) is 29.8 Å². The molecule has 4 nitrogen and oxygen atoms in total. The standard InChI is InChI=1S/C15H16N2O2S/c1-11-6-8-12(9-7-11)17-15(18)10-20(19)14-5-3-2-4-13(14)16/h2-9H,10,16H2,1H3,(H,17,18). The second-order valence-corrected chi connectivity index (χ2v) is 5.86. The van der Waals surface area contributed by atoms with Crippen molar-refractivity contribution in [2.24, 2.45) is 0 Å². The lowest BCUT2D eigenvalue weighted by molar-refractivity contribution is -0.113. The summed E-state index contributed by atoms with van der Waals surface area (Å²) in [4.78, 5) is 12.3. The number of carbonyl (C=O) groups is 1. The summed E-state index contributed by atoms with van der Waals surface area (Å²) in [6.45, 7) is 1.97. The molecule has 1 atom stereocenters. The van der Waals surface area contributed by atoms with Crippen LogP contribution in [0.2, 0.25) is 0 Å². The van der Waals surface area contributed by atoms with Crippen molar-refractivity contribution in [1.82, 2.24) is 0 Å². The van der Waals surface area contributed by atoms with Gasteiger partial charge in [-0.2, -0.15) is 0 Å². The summed E-state index contributed by atoms with van der Waals surface area (Å²) in [6.07, 6.45) is 0. The number of benzene rings is 2. The summed E-state index contributed by atoms with van der Waals surface area (Å²) in [7, 11) is -1.44. The highest BCUT2D eigenvalue weighted by Crippen LogP contribution is 2.16. The van der Waals surface area contributed by atoms with Crippen LogP contribution >= 0.6 is 0 Å². The predicted molar refractivity (Wildman–Crippen MR) is 81.9 cm³/mol. The minimum absolute atomic E-state index is 0.109. The molecule has 0 saturated heterocycles. The van der Waals surface area contributed by atoms with E-state index in [1.165, 1.54) is 0 Å². The lowest BCUT2D eigenvalue weighted by Crippen LogP contribution is -2.20. The van der Waals surface area contributed by atoms with Gasteiger partial charge in [-0.05, 0) is 31.2 Å². The molecule has 1 amide bonds. The Hall–Kier alpha value is -2.14. The van der Waals surface area contributed by atoms with Crippen LogP contribution in [0, 0.1) is 6.92 Å². The van der Waals surface area contributed by atoms with Gasteiger partial charge in [-0.3, -0.25) is 9.00 Å². The number of nitrogens with one attached hydrogen (secondary N) is 1. The van der Waals surface area contributed by atoms with E-state index in [1.807, 2.05) is 31.2 Å². The van der Waals surface area contributed by atoms with Crippen molar-refractivity contribution >= 4 is 28.1 Å². The summed E-state index contributed by atoms with van der Waals surface area (Å²) in [5, 5.41) is 2.72. The SMILES string of the molecule is Cc1ccc(NC(=O)CS(=O)c2ccccc2N)cc1. The van der Waals surface area contributed by atoms with Gasteiger partial charge >= 0.3 is 0 Å². The number of nitrogen functional groups attached to an aromatic ring is 1. The molecule has 2 aromatic rings. The fourth-order valence-corrected chi connectivity index (χ4v) is 2.75. The first-order valence-corrected chi connectivity index (χ1v) is 7.47. The minimum Gasteiger partial charge on any atom is -0.398 e. The molecule has 2 aromatic carbocycles. The fraction of sp³-hybridized carbons (Fsp3) is 0.133. The van der Waals surface area contributed by atoms with Crippen LogP contribution in [0.1, 0.15) is 5.56 Å². The molecule has 0 saturated carbocycles. The molecule has 0 aliphatic carbocycles. The van der Waals surface area contributed by atoms with Crippen LogP contribution in [0.15, 0.2) is 53.4 Å². The summed E-state index contributed by atoms with van der Waals surface area (Å²) in [5.41, 5.74) is 7.99. The van der Waals surface area contributed by atoms with Crippen molar-refractivity contribution in [1.29, 1.82) is 0 Å². The maximum Gasteiger partial charge on any atom is 0.237 e. The van der Waals surface area contributed by atoms with Crippen molar-refractivity contribution in [3.63, 3.8) is 0 Å². The van der Waals surface area contributed by atoms with Crippen molar-refractivity contribution in [3.05, 3.63) is 54.1 Å². The van der Waals surface area contributed by atoms with Crippen LogP contribution in [-0.2, 0) is 15.6 Å². The van der Waals surface area contributed by atoms with Crippen molar-refractivity contribution in [2.75, 3.05) is 16.8 Å². The number of amides is 1. The molecule has 104 valence electrons. The topological polar surface area (TPSA) is 72.2 Å². The van der Waals surface area contributed by atoms with Crippen molar-refractivity contribution in [3.8, 4) is 0 Å². The van der Waals surface area contributed by atoms with Gasteiger partial charge in [0.2, 0.25) is 5.91 Å². The molecule has 3 N–H and O–H groups in total. The Balaban J connectivity index is 2.00. The Morgan fingerprint density at radius 3 is 2.45 bits per heavy atom. The van der Waals surface area contributed by atoms with Gasteiger partial charge in [-0.15, -0.1) is 0 Å². The normalized spacial score (nSPS) is 11.8. The van der Waals surface area contributed by atoms with Gasteiger partial charge in [0.25, 0.3) is 0 Å². The van der Waals surface area contributed by atoms with Gasteiger partial charge in [0, 0.05) is 11.4 Å². The molecule has 0 aromatic heterocycles. The van der Waals surface area contributed by atoms with E-state index in [-0.39, 0.29) is 11.7 Å². The number of nitrogens with two attached hydrogens (primary N) is 1. The lowest BCUT2D eigenvalue weighted by atomic mass is 10.2. The summed E-state index contributed by atoms with van der Waals surface area (Å²) in [6, 6.07) is 14.3. The Morgan fingerprint density at radius 1 is 1.15 bits per heavy atom. The first-order chi connectivity index (χ1) is 9.56. The number of para-hydroxylation sites is 1. The molecule has 0 aliphatic rings. The van der Waals surface area contributed by atoms with Gasteiger partial charge in [0.05, 0.1) is 15.7 Å². The maximum atomic E-state index is 12.1. The van der Waals surface area contributed by atoms with Crippen LogP contribution in [-0.4, -0.2) is 15.9 Å². The molecule has 0 radical (unpaired) electrons. The monoisotopic (exact) mass is 288 g/mol. The van der Waals surface area contributed by atoms with Crippen LogP contribution < -0.4 is 11.1 Å². The molecule has 0 fully saturated rings. The number of hydrogen-bond acceptors (Lipinski definition) is 3. The van der Waals surface area contributed by atoms with E-state index in [0.29, 0.717) is 16.3 Å². The quantitative estimate of drug-likeness (QED) is 0.848. The van der Waals surface area contributed by atoms with E-state index in [1.54, 1.807) is 24.3 Å². The predicted octanol–water partition coefficient (Wildman–Crippen LogP) is 2.32. The average Bonchev–Trinajstić information content (AvgIpc) is 2.41. The molecule has 0 aliphatic heterocycles. The first kappa shape index (κ1) is 14.3. The van der Waals surface area contributed by atoms with Gasteiger partial charge < -0.3 is 11.1 Å². The largest absolute Gasteiger partial charge is 0.398 e. The van der Waals surface area contributed by atoms with E-state index in [9.17, 15) is 9.00 Å². The molecule has 0 heterocycles. The molecular formula is C15H16N2O2S. The third-order valence-electron chi connectivity index (χ3n) is 2.76. The Bertz CT molecular complexity index is 639. The zero-order valence-electron chi connectivity index (χ0n) is 11.1. The highest BCUT2D eigenvalue weighted by atomic mass is 32.2. The van der Waals surface area contributed by atoms with E-state index >= 15 is 0 Å². The number of aryl methyl sites for hydroxylation is 1. The highest BCUT2D eigenvalue weighted by molar-refractivity contribution is 7.86. The lowest BCUT2D eigenvalue weighted by Gasteiger charge is -2.07. The maximum absolute atomic E-state index is 12.1. The highest BCUT2D eigenvalue weighted by Gasteiger charge is 2.12. The zero-order valence-corrected chi connectivity index (χ0v) is 11.9. The number of rotatable bonds is 4. The number of anilines is 2. The molecule has 20 heavy (non-hydrogen) atoms. The van der Waals surface area contributed by atoms with Crippen LogP contribution in [0.3, 0.4) is 0 Å². The zero-order chi connectivity index (χ0) is 14.5. The number of hydrogen-bond donors (Lipinski definition) is 2. The van der Waals surface area contributed by atoms with Crippen molar-refractivity contribution in [2.45, 2.75) is 11.8 Å². The van der Waals surface area contributed by atoms with Crippen LogP contribution in [0.25, 0.3) is 0 Å². The van der Waals surface area contributed by atoms with Crippen LogP contribution in [0.4, 0.5) is 11.4 Å². The number of carbonyl (C=O) groups excluding carboxylic acids is 1. The molecule has 2 rings (SSSR count). The van der Waals surface area contributed by atoms with E-state index in [2.05, 4.69) is 5.32 Å². The Morgan fingerprint density at radius 2 is 1.80 bits per heavy atom. The van der Waals surface area contributed by atoms with Gasteiger partial charge in [0.1, 0.15) is 5.75 Å². The molecule has 1 unspecified atom stereocenters. The van der Waals surface area contributed by atoms with E-state index < -0.39 is 10.8 Å². The molecule has 0 spiro atoms. The summed E-state index contributed by atoms with van der Waals surface area (Å²) >= 11 is 0. The summed E-state index contributed by atoms with van der Waals surface area (Å²) < 4.78 is 12.1. The second kappa shape index (κ2) is 6.34. The second-order valence-electron chi connectivity index (χ2n) is 4.44. The first-order valence-electron chi connectivity index (χ1n) is 6.15. The van der Waals surface area contributed by atoms with Gasteiger partial charge in [-0.25, -0.2) is 0 Å². The smallest absolute Gasteiger partial charge is 0.237 e. The third kappa shape index (κ3) is 3.68.